The highest BCUT2D eigenvalue weighted by atomic mass is 19.1. The molecule has 0 N–H and O–H groups in total. The van der Waals surface area contributed by atoms with Gasteiger partial charge in [-0.3, -0.25) is 4.90 Å². The van der Waals surface area contributed by atoms with E-state index >= 15 is 0 Å². The minimum absolute atomic E-state index is 0.0707. The molecule has 0 bridgehead atoms. The van der Waals surface area contributed by atoms with Crippen molar-refractivity contribution in [2.45, 2.75) is 20.0 Å². The first kappa shape index (κ1) is 13.3. The molecule has 1 fully saturated rings. The fourth-order valence-electron chi connectivity index (χ4n) is 2.08. The second kappa shape index (κ2) is 6.16. The summed E-state index contributed by atoms with van der Waals surface area (Å²) in [6.07, 6.45) is 0.0707. The van der Waals surface area contributed by atoms with Crippen molar-refractivity contribution in [3.05, 3.63) is 29.6 Å². The first-order chi connectivity index (χ1) is 8.69. The molecular formula is C14H20FNO2. The monoisotopic (exact) mass is 253 g/mol. The molecule has 0 spiro atoms. The van der Waals surface area contributed by atoms with Crippen LogP contribution in [0.2, 0.25) is 0 Å². The molecule has 1 saturated heterocycles. The van der Waals surface area contributed by atoms with E-state index < -0.39 is 0 Å². The number of hydrogen-bond acceptors (Lipinski definition) is 3. The molecule has 1 atom stereocenters. The summed E-state index contributed by atoms with van der Waals surface area (Å²) in [5.74, 6) is 0.336. The maximum absolute atomic E-state index is 13.1. The molecule has 0 radical (unpaired) electrons. The highest BCUT2D eigenvalue weighted by Crippen LogP contribution is 2.19. The second-order valence-electron chi connectivity index (χ2n) is 4.61. The molecule has 0 aromatic heterocycles. The standard InChI is InChI=1S/C14H20FNO2/c1-3-16-6-7-17-13(9-16)10-18-14-8-12(15)5-4-11(14)2/h4-5,8,13H,3,6-7,9-10H2,1-2H3. The van der Waals surface area contributed by atoms with Crippen LogP contribution in [0, 0.1) is 12.7 Å². The van der Waals surface area contributed by atoms with Crippen LogP contribution in [0.25, 0.3) is 0 Å². The summed E-state index contributed by atoms with van der Waals surface area (Å²) < 4.78 is 24.4. The normalized spacial score (nSPS) is 20.9. The van der Waals surface area contributed by atoms with Crippen molar-refractivity contribution in [2.75, 3.05) is 32.8 Å². The highest BCUT2D eigenvalue weighted by molar-refractivity contribution is 5.32. The van der Waals surface area contributed by atoms with Crippen LogP contribution in [-0.2, 0) is 4.74 Å². The molecule has 1 aromatic carbocycles. The number of halogens is 1. The van der Waals surface area contributed by atoms with Crippen molar-refractivity contribution in [3.63, 3.8) is 0 Å². The van der Waals surface area contributed by atoms with Crippen LogP contribution in [0.3, 0.4) is 0 Å². The number of ether oxygens (including phenoxy) is 2. The summed E-state index contributed by atoms with van der Waals surface area (Å²) in [6.45, 7) is 8.15. The minimum Gasteiger partial charge on any atom is -0.490 e. The Bertz CT molecular complexity index is 397. The number of benzene rings is 1. The van der Waals surface area contributed by atoms with E-state index in [2.05, 4.69) is 11.8 Å². The van der Waals surface area contributed by atoms with Gasteiger partial charge >= 0.3 is 0 Å². The van der Waals surface area contributed by atoms with Crippen molar-refractivity contribution < 1.29 is 13.9 Å². The summed E-state index contributed by atoms with van der Waals surface area (Å²) in [4.78, 5) is 2.33. The van der Waals surface area contributed by atoms with Crippen molar-refractivity contribution in [2.24, 2.45) is 0 Å². The Hall–Kier alpha value is -1.13. The van der Waals surface area contributed by atoms with Crippen LogP contribution < -0.4 is 4.74 Å². The Morgan fingerprint density at radius 3 is 3.11 bits per heavy atom. The second-order valence-corrected chi connectivity index (χ2v) is 4.61. The van der Waals surface area contributed by atoms with E-state index in [1.807, 2.05) is 6.92 Å². The molecule has 0 amide bonds. The van der Waals surface area contributed by atoms with Gasteiger partial charge in [-0.1, -0.05) is 13.0 Å². The zero-order valence-corrected chi connectivity index (χ0v) is 11.0. The topological polar surface area (TPSA) is 21.7 Å². The van der Waals surface area contributed by atoms with Crippen molar-refractivity contribution in [1.29, 1.82) is 0 Å². The molecular weight excluding hydrogens is 233 g/mol. The van der Waals surface area contributed by atoms with Crippen LogP contribution in [-0.4, -0.2) is 43.9 Å². The molecule has 4 heteroatoms. The number of morpholine rings is 1. The minimum atomic E-state index is -0.268. The van der Waals surface area contributed by atoms with Crippen LogP contribution in [0.1, 0.15) is 12.5 Å². The van der Waals surface area contributed by atoms with Gasteiger partial charge in [-0.2, -0.15) is 0 Å². The Labute approximate surface area is 107 Å². The lowest BCUT2D eigenvalue weighted by Crippen LogP contribution is -2.44. The van der Waals surface area contributed by atoms with Gasteiger partial charge in [0.25, 0.3) is 0 Å². The largest absolute Gasteiger partial charge is 0.490 e. The summed E-state index contributed by atoms with van der Waals surface area (Å²) >= 11 is 0. The molecule has 1 aliphatic rings. The fraction of sp³-hybridized carbons (Fsp3) is 0.571. The molecule has 1 unspecified atom stereocenters. The van der Waals surface area contributed by atoms with Gasteiger partial charge in [0.15, 0.2) is 0 Å². The highest BCUT2D eigenvalue weighted by Gasteiger charge is 2.20. The SMILES string of the molecule is CCN1CCOC(COc2cc(F)ccc2C)C1. The number of likely N-dealkylation sites (N-methyl/N-ethyl adjacent to an activating group) is 1. The quantitative estimate of drug-likeness (QED) is 0.821. The molecule has 100 valence electrons. The predicted molar refractivity (Wildman–Crippen MR) is 68.5 cm³/mol. The van der Waals surface area contributed by atoms with E-state index in [0.717, 1.165) is 31.8 Å². The van der Waals surface area contributed by atoms with Crippen molar-refractivity contribution in [3.8, 4) is 5.75 Å². The summed E-state index contributed by atoms with van der Waals surface area (Å²) in [6, 6.07) is 4.60. The molecule has 2 rings (SSSR count). The number of hydrogen-bond donors (Lipinski definition) is 0. The zero-order valence-electron chi connectivity index (χ0n) is 11.0. The molecule has 18 heavy (non-hydrogen) atoms. The number of aryl methyl sites for hydroxylation is 1. The van der Waals surface area contributed by atoms with Gasteiger partial charge in [0.2, 0.25) is 0 Å². The molecule has 0 saturated carbocycles. The van der Waals surface area contributed by atoms with E-state index in [-0.39, 0.29) is 11.9 Å². The van der Waals surface area contributed by atoms with Gasteiger partial charge in [-0.15, -0.1) is 0 Å². The fourth-order valence-corrected chi connectivity index (χ4v) is 2.08. The molecule has 1 aliphatic heterocycles. The third-order valence-electron chi connectivity index (χ3n) is 3.25. The van der Waals surface area contributed by atoms with Gasteiger partial charge in [0.1, 0.15) is 24.3 Å². The van der Waals surface area contributed by atoms with E-state index in [1.165, 1.54) is 12.1 Å². The molecule has 0 aliphatic carbocycles. The van der Waals surface area contributed by atoms with Crippen LogP contribution >= 0.6 is 0 Å². The van der Waals surface area contributed by atoms with Crippen LogP contribution in [0.5, 0.6) is 5.75 Å². The maximum atomic E-state index is 13.1. The summed E-state index contributed by atoms with van der Waals surface area (Å²) in [7, 11) is 0. The van der Waals surface area contributed by atoms with Gasteiger partial charge in [-0.05, 0) is 25.1 Å². The average molecular weight is 253 g/mol. The van der Waals surface area contributed by atoms with Crippen LogP contribution in [0.15, 0.2) is 18.2 Å². The molecule has 1 aromatic rings. The number of nitrogens with zero attached hydrogens (tertiary/aromatic N) is 1. The van der Waals surface area contributed by atoms with Gasteiger partial charge < -0.3 is 9.47 Å². The molecule has 3 nitrogen and oxygen atoms in total. The summed E-state index contributed by atoms with van der Waals surface area (Å²) in [5, 5.41) is 0. The zero-order chi connectivity index (χ0) is 13.0. The van der Waals surface area contributed by atoms with E-state index in [4.69, 9.17) is 9.47 Å². The third-order valence-corrected chi connectivity index (χ3v) is 3.25. The van der Waals surface area contributed by atoms with E-state index in [1.54, 1.807) is 6.07 Å². The average Bonchev–Trinajstić information content (AvgIpc) is 2.40. The van der Waals surface area contributed by atoms with Crippen molar-refractivity contribution in [1.82, 2.24) is 4.90 Å². The third kappa shape index (κ3) is 3.43. The van der Waals surface area contributed by atoms with Gasteiger partial charge in [-0.25, -0.2) is 4.39 Å². The summed E-state index contributed by atoms with van der Waals surface area (Å²) in [5.41, 5.74) is 0.944. The van der Waals surface area contributed by atoms with Crippen molar-refractivity contribution >= 4 is 0 Å². The Kier molecular flexibility index (Phi) is 4.55. The van der Waals surface area contributed by atoms with E-state index in [0.29, 0.717) is 12.4 Å². The smallest absolute Gasteiger partial charge is 0.126 e. The lowest BCUT2D eigenvalue weighted by atomic mass is 10.2. The first-order valence-corrected chi connectivity index (χ1v) is 6.42. The van der Waals surface area contributed by atoms with E-state index in [9.17, 15) is 4.39 Å². The lowest BCUT2D eigenvalue weighted by molar-refractivity contribution is -0.0465. The Morgan fingerprint density at radius 2 is 2.33 bits per heavy atom. The number of rotatable bonds is 4. The van der Waals surface area contributed by atoms with Gasteiger partial charge in [0.05, 0.1) is 6.61 Å². The lowest BCUT2D eigenvalue weighted by Gasteiger charge is -2.31. The first-order valence-electron chi connectivity index (χ1n) is 6.42. The predicted octanol–water partition coefficient (Wildman–Crippen LogP) is 2.23. The van der Waals surface area contributed by atoms with Gasteiger partial charge in [0, 0.05) is 19.2 Å². The van der Waals surface area contributed by atoms with Crippen LogP contribution in [0.4, 0.5) is 4.39 Å². The maximum Gasteiger partial charge on any atom is 0.126 e. The molecule has 1 heterocycles. The Balaban J connectivity index is 1.89. The Morgan fingerprint density at radius 1 is 1.50 bits per heavy atom.